The summed E-state index contributed by atoms with van der Waals surface area (Å²) in [7, 11) is 0. The van der Waals surface area contributed by atoms with Gasteiger partial charge in [0.1, 0.15) is 0 Å². The summed E-state index contributed by atoms with van der Waals surface area (Å²) in [6, 6.07) is 8.06. The van der Waals surface area contributed by atoms with Gasteiger partial charge in [-0.25, -0.2) is 0 Å². The lowest BCUT2D eigenvalue weighted by Crippen LogP contribution is -2.19. The van der Waals surface area contributed by atoms with E-state index in [0.717, 1.165) is 16.7 Å². The number of anilines is 1. The molecule has 1 aliphatic rings. The van der Waals surface area contributed by atoms with Crippen molar-refractivity contribution in [2.75, 3.05) is 18.0 Å². The monoisotopic (exact) mass is 239 g/mol. The van der Waals surface area contributed by atoms with E-state index < -0.39 is 0 Å². The second-order valence-electron chi connectivity index (χ2n) is 3.19. The van der Waals surface area contributed by atoms with Crippen molar-refractivity contribution in [2.45, 2.75) is 6.42 Å². The molecular weight excluding hydrogens is 230 g/mol. The smallest absolute Gasteiger partial charge is 0.153 e. The van der Waals surface area contributed by atoms with Crippen molar-refractivity contribution in [3.8, 4) is 0 Å². The fourth-order valence-corrected chi connectivity index (χ4v) is 1.77. The van der Waals surface area contributed by atoms with E-state index in [4.69, 9.17) is 0 Å². The number of Topliss-reactive ketones (excluding diaryl/α,β-unsaturated/α-hetero) is 1. The summed E-state index contributed by atoms with van der Waals surface area (Å²) in [5.74, 6) is 0.336. The van der Waals surface area contributed by atoms with E-state index in [2.05, 4.69) is 20.8 Å². The summed E-state index contributed by atoms with van der Waals surface area (Å²) in [6.45, 7) is 1.43. The number of nitrogens with zero attached hydrogens (tertiary/aromatic N) is 1. The molecule has 1 saturated heterocycles. The number of benzene rings is 1. The normalized spacial score (nSPS) is 16.7. The molecule has 1 fully saturated rings. The Morgan fingerprint density at radius 3 is 2.46 bits per heavy atom. The predicted octanol–water partition coefficient (Wildman–Crippen LogP) is 2.23. The number of carbonyl (C=O) groups excluding carboxylic acids is 1. The second kappa shape index (κ2) is 3.50. The molecule has 2 rings (SSSR count). The lowest BCUT2D eigenvalue weighted by atomic mass is 10.3. The first-order chi connectivity index (χ1) is 6.25. The highest BCUT2D eigenvalue weighted by atomic mass is 79.9. The van der Waals surface area contributed by atoms with E-state index >= 15 is 0 Å². The Hall–Kier alpha value is -0.830. The Labute approximate surface area is 85.7 Å². The first-order valence-electron chi connectivity index (χ1n) is 4.28. The summed E-state index contributed by atoms with van der Waals surface area (Å²) in [4.78, 5) is 13.1. The van der Waals surface area contributed by atoms with Crippen LogP contribution in [0.25, 0.3) is 0 Å². The van der Waals surface area contributed by atoms with Crippen LogP contribution in [0.4, 0.5) is 5.69 Å². The van der Waals surface area contributed by atoms with Crippen LogP contribution < -0.4 is 4.90 Å². The number of hydrogen-bond donors (Lipinski definition) is 0. The van der Waals surface area contributed by atoms with Gasteiger partial charge in [-0.3, -0.25) is 4.79 Å². The molecule has 3 heteroatoms. The molecule has 0 atom stereocenters. The zero-order chi connectivity index (χ0) is 9.26. The van der Waals surface area contributed by atoms with Gasteiger partial charge in [0.05, 0.1) is 6.54 Å². The summed E-state index contributed by atoms with van der Waals surface area (Å²) in [5, 5.41) is 0. The highest BCUT2D eigenvalue weighted by molar-refractivity contribution is 9.10. The third-order valence-corrected chi connectivity index (χ3v) is 2.75. The molecule has 2 nitrogen and oxygen atoms in total. The molecule has 1 heterocycles. The van der Waals surface area contributed by atoms with Gasteiger partial charge in [-0.2, -0.15) is 0 Å². The van der Waals surface area contributed by atoms with Crippen LogP contribution in [0.3, 0.4) is 0 Å². The fraction of sp³-hybridized carbons (Fsp3) is 0.300. The highest BCUT2D eigenvalue weighted by Crippen LogP contribution is 2.20. The van der Waals surface area contributed by atoms with Gasteiger partial charge in [-0.15, -0.1) is 0 Å². The Balaban J connectivity index is 2.17. The molecule has 0 amide bonds. The average Bonchev–Trinajstić information content (AvgIpc) is 2.53. The first-order valence-corrected chi connectivity index (χ1v) is 5.07. The minimum atomic E-state index is 0.336. The third kappa shape index (κ3) is 1.91. The number of rotatable bonds is 1. The number of ketones is 1. The summed E-state index contributed by atoms with van der Waals surface area (Å²) >= 11 is 3.38. The van der Waals surface area contributed by atoms with E-state index in [1.165, 1.54) is 0 Å². The molecule has 0 bridgehead atoms. The Kier molecular flexibility index (Phi) is 2.36. The van der Waals surface area contributed by atoms with Gasteiger partial charge >= 0.3 is 0 Å². The molecule has 68 valence electrons. The molecule has 0 saturated carbocycles. The summed E-state index contributed by atoms with van der Waals surface area (Å²) in [5.41, 5.74) is 1.13. The molecular formula is C10H10BrNO. The minimum Gasteiger partial charge on any atom is -0.364 e. The predicted molar refractivity (Wildman–Crippen MR) is 56.0 cm³/mol. The largest absolute Gasteiger partial charge is 0.364 e. The molecule has 1 aliphatic heterocycles. The van der Waals surface area contributed by atoms with Crippen molar-refractivity contribution in [2.24, 2.45) is 0 Å². The maximum Gasteiger partial charge on any atom is 0.153 e. The molecule has 13 heavy (non-hydrogen) atoms. The number of carbonyl (C=O) groups is 1. The maximum atomic E-state index is 11.0. The van der Waals surface area contributed by atoms with E-state index in [1.54, 1.807) is 0 Å². The van der Waals surface area contributed by atoms with Crippen molar-refractivity contribution < 1.29 is 4.79 Å². The molecule has 0 aromatic heterocycles. The van der Waals surface area contributed by atoms with Gasteiger partial charge in [0.25, 0.3) is 0 Å². The van der Waals surface area contributed by atoms with Crippen molar-refractivity contribution in [1.82, 2.24) is 0 Å². The maximum absolute atomic E-state index is 11.0. The van der Waals surface area contributed by atoms with Crippen LogP contribution >= 0.6 is 15.9 Å². The van der Waals surface area contributed by atoms with Crippen LogP contribution in [0.5, 0.6) is 0 Å². The van der Waals surface area contributed by atoms with Crippen LogP contribution in [0, 0.1) is 0 Å². The molecule has 0 unspecified atom stereocenters. The van der Waals surface area contributed by atoms with Crippen molar-refractivity contribution in [3.05, 3.63) is 28.7 Å². The SMILES string of the molecule is O=C1CCN(c2ccc(Br)cc2)C1. The zero-order valence-electron chi connectivity index (χ0n) is 7.16. The van der Waals surface area contributed by atoms with Gasteiger partial charge in [-0.1, -0.05) is 15.9 Å². The summed E-state index contributed by atoms with van der Waals surface area (Å²) in [6.07, 6.45) is 0.691. The minimum absolute atomic E-state index is 0.336. The molecule has 1 aromatic rings. The van der Waals surface area contributed by atoms with Crippen LogP contribution in [-0.2, 0) is 4.79 Å². The van der Waals surface area contributed by atoms with Crippen LogP contribution in [0.2, 0.25) is 0 Å². The van der Waals surface area contributed by atoms with E-state index in [0.29, 0.717) is 18.7 Å². The van der Waals surface area contributed by atoms with Crippen LogP contribution in [-0.4, -0.2) is 18.9 Å². The van der Waals surface area contributed by atoms with Crippen molar-refractivity contribution >= 4 is 27.4 Å². The highest BCUT2D eigenvalue weighted by Gasteiger charge is 2.18. The average molecular weight is 240 g/mol. The molecule has 0 spiro atoms. The third-order valence-electron chi connectivity index (χ3n) is 2.22. The zero-order valence-corrected chi connectivity index (χ0v) is 8.75. The van der Waals surface area contributed by atoms with E-state index in [9.17, 15) is 4.79 Å². The Morgan fingerprint density at radius 2 is 1.92 bits per heavy atom. The lowest BCUT2D eigenvalue weighted by Gasteiger charge is -2.15. The topological polar surface area (TPSA) is 20.3 Å². The van der Waals surface area contributed by atoms with Gasteiger partial charge in [0.2, 0.25) is 0 Å². The molecule has 0 radical (unpaired) electrons. The van der Waals surface area contributed by atoms with Gasteiger partial charge in [0.15, 0.2) is 5.78 Å². The Bertz CT molecular complexity index is 320. The molecule has 0 aliphatic carbocycles. The Morgan fingerprint density at radius 1 is 1.23 bits per heavy atom. The standard InChI is InChI=1S/C10H10BrNO/c11-8-1-3-9(4-2-8)12-6-5-10(13)7-12/h1-4H,5-7H2. The van der Waals surface area contributed by atoms with Gasteiger partial charge in [-0.05, 0) is 24.3 Å². The first kappa shape index (κ1) is 8.75. The fourth-order valence-electron chi connectivity index (χ4n) is 1.50. The molecule has 0 N–H and O–H groups in total. The number of halogens is 1. The van der Waals surface area contributed by atoms with Crippen LogP contribution in [0.15, 0.2) is 28.7 Å². The number of hydrogen-bond acceptors (Lipinski definition) is 2. The summed E-state index contributed by atoms with van der Waals surface area (Å²) < 4.78 is 1.07. The van der Waals surface area contributed by atoms with E-state index in [-0.39, 0.29) is 0 Å². The van der Waals surface area contributed by atoms with Crippen molar-refractivity contribution in [1.29, 1.82) is 0 Å². The van der Waals surface area contributed by atoms with E-state index in [1.807, 2.05) is 24.3 Å². The lowest BCUT2D eigenvalue weighted by molar-refractivity contribution is -0.116. The van der Waals surface area contributed by atoms with Gasteiger partial charge < -0.3 is 4.90 Å². The van der Waals surface area contributed by atoms with Crippen LogP contribution in [0.1, 0.15) is 6.42 Å². The van der Waals surface area contributed by atoms with Gasteiger partial charge in [0, 0.05) is 23.1 Å². The molecule has 1 aromatic carbocycles. The van der Waals surface area contributed by atoms with Crippen molar-refractivity contribution in [3.63, 3.8) is 0 Å². The second-order valence-corrected chi connectivity index (χ2v) is 4.10. The quantitative estimate of drug-likeness (QED) is 0.750.